The van der Waals surface area contributed by atoms with Crippen LogP contribution in [-0.4, -0.2) is 61.8 Å². The number of guanidine groups is 1. The Balaban J connectivity index is 1.83. The first-order valence-electron chi connectivity index (χ1n) is 9.32. The number of aromatic nitrogens is 1. The van der Waals surface area contributed by atoms with Crippen LogP contribution in [0.3, 0.4) is 0 Å². The van der Waals surface area contributed by atoms with Crippen molar-refractivity contribution in [2.24, 2.45) is 10.9 Å². The van der Waals surface area contributed by atoms with E-state index in [0.717, 1.165) is 50.9 Å². The first-order valence-corrected chi connectivity index (χ1v) is 10.2. The van der Waals surface area contributed by atoms with Crippen molar-refractivity contribution < 1.29 is 4.74 Å². The Morgan fingerprint density at radius 1 is 1.36 bits per heavy atom. The van der Waals surface area contributed by atoms with E-state index in [1.807, 2.05) is 7.05 Å². The van der Waals surface area contributed by atoms with Crippen molar-refractivity contribution in [3.8, 4) is 0 Å². The molecule has 0 aromatic carbocycles. The van der Waals surface area contributed by atoms with Crippen molar-refractivity contribution in [3.05, 3.63) is 16.1 Å². The standard InChI is InChI=1S/C18H33N5OS/c1-5-17-22-15(13-25-17)11-20-18(19-4)21-12-16(10-14(2)3)23-6-8-24-9-7-23/h13-14,16H,5-12H2,1-4H3,(H2,19,20,21). The smallest absolute Gasteiger partial charge is 0.191 e. The lowest BCUT2D eigenvalue weighted by Gasteiger charge is -2.35. The fourth-order valence-corrected chi connectivity index (χ4v) is 3.79. The van der Waals surface area contributed by atoms with Crippen LogP contribution >= 0.6 is 11.3 Å². The molecule has 0 amide bonds. The van der Waals surface area contributed by atoms with E-state index in [1.54, 1.807) is 11.3 Å². The Morgan fingerprint density at radius 3 is 2.72 bits per heavy atom. The van der Waals surface area contributed by atoms with E-state index in [1.165, 1.54) is 11.4 Å². The predicted molar refractivity (Wildman–Crippen MR) is 105 cm³/mol. The van der Waals surface area contributed by atoms with Gasteiger partial charge in [-0.05, 0) is 18.8 Å². The highest BCUT2D eigenvalue weighted by Crippen LogP contribution is 2.13. The van der Waals surface area contributed by atoms with Gasteiger partial charge in [0.25, 0.3) is 0 Å². The highest BCUT2D eigenvalue weighted by molar-refractivity contribution is 7.09. The molecule has 2 rings (SSSR count). The Morgan fingerprint density at radius 2 is 2.12 bits per heavy atom. The fraction of sp³-hybridized carbons (Fsp3) is 0.778. The third-order valence-corrected chi connectivity index (χ3v) is 5.41. The molecule has 2 heterocycles. The van der Waals surface area contributed by atoms with Gasteiger partial charge in [-0.1, -0.05) is 20.8 Å². The molecular weight excluding hydrogens is 334 g/mol. The van der Waals surface area contributed by atoms with E-state index in [0.29, 0.717) is 18.5 Å². The van der Waals surface area contributed by atoms with Crippen LogP contribution in [0.15, 0.2) is 10.4 Å². The van der Waals surface area contributed by atoms with E-state index in [-0.39, 0.29) is 0 Å². The summed E-state index contributed by atoms with van der Waals surface area (Å²) in [4.78, 5) is 11.5. The number of hydrogen-bond acceptors (Lipinski definition) is 5. The second kappa shape index (κ2) is 10.7. The van der Waals surface area contributed by atoms with Crippen molar-refractivity contribution >= 4 is 17.3 Å². The molecule has 7 heteroatoms. The Bertz CT molecular complexity index is 525. The molecule has 2 N–H and O–H groups in total. The van der Waals surface area contributed by atoms with Crippen LogP contribution in [0.25, 0.3) is 0 Å². The zero-order valence-electron chi connectivity index (χ0n) is 16.0. The van der Waals surface area contributed by atoms with Crippen molar-refractivity contribution in [1.82, 2.24) is 20.5 Å². The third-order valence-electron chi connectivity index (χ3n) is 4.37. The number of morpholine rings is 1. The highest BCUT2D eigenvalue weighted by Gasteiger charge is 2.22. The first kappa shape index (κ1) is 20.1. The molecule has 1 atom stereocenters. The summed E-state index contributed by atoms with van der Waals surface area (Å²) in [6, 6.07) is 0.508. The average Bonchev–Trinajstić information content (AvgIpc) is 3.09. The minimum atomic E-state index is 0.508. The number of thiazole rings is 1. The highest BCUT2D eigenvalue weighted by atomic mass is 32.1. The van der Waals surface area contributed by atoms with Gasteiger partial charge in [0.15, 0.2) is 5.96 Å². The molecule has 1 aliphatic rings. The third kappa shape index (κ3) is 6.92. The van der Waals surface area contributed by atoms with E-state index in [2.05, 4.69) is 51.7 Å². The fourth-order valence-electron chi connectivity index (χ4n) is 3.05. The van der Waals surface area contributed by atoms with Crippen LogP contribution in [0.4, 0.5) is 0 Å². The van der Waals surface area contributed by atoms with Gasteiger partial charge in [-0.15, -0.1) is 11.3 Å². The van der Waals surface area contributed by atoms with Crippen molar-refractivity contribution in [2.75, 3.05) is 39.9 Å². The Hall–Kier alpha value is -1.18. The number of rotatable bonds is 8. The molecule has 0 radical (unpaired) electrons. The van der Waals surface area contributed by atoms with E-state index in [9.17, 15) is 0 Å². The molecule has 1 fully saturated rings. The maximum atomic E-state index is 5.50. The maximum Gasteiger partial charge on any atom is 0.191 e. The molecule has 1 unspecified atom stereocenters. The quantitative estimate of drug-likeness (QED) is 0.544. The van der Waals surface area contributed by atoms with Crippen LogP contribution in [0.2, 0.25) is 0 Å². The van der Waals surface area contributed by atoms with E-state index >= 15 is 0 Å². The van der Waals surface area contributed by atoms with Crippen molar-refractivity contribution in [3.63, 3.8) is 0 Å². The maximum absolute atomic E-state index is 5.50. The summed E-state index contributed by atoms with van der Waals surface area (Å²) in [5, 5.41) is 10.2. The summed E-state index contributed by atoms with van der Waals surface area (Å²) in [7, 11) is 1.82. The second-order valence-corrected chi connectivity index (χ2v) is 7.77. The number of nitrogens with one attached hydrogen (secondary N) is 2. The predicted octanol–water partition coefficient (Wildman–Crippen LogP) is 2.12. The van der Waals surface area contributed by atoms with Crippen molar-refractivity contribution in [2.45, 2.75) is 46.2 Å². The Labute approximate surface area is 156 Å². The van der Waals surface area contributed by atoms with Gasteiger partial charge < -0.3 is 15.4 Å². The van der Waals surface area contributed by atoms with Crippen LogP contribution in [0.1, 0.15) is 37.9 Å². The lowest BCUT2D eigenvalue weighted by Crippen LogP contribution is -2.51. The van der Waals surface area contributed by atoms with E-state index in [4.69, 9.17) is 4.74 Å². The summed E-state index contributed by atoms with van der Waals surface area (Å²) < 4.78 is 5.50. The molecule has 0 aliphatic carbocycles. The van der Waals surface area contributed by atoms with Gasteiger partial charge in [0, 0.05) is 38.1 Å². The van der Waals surface area contributed by atoms with Gasteiger partial charge in [-0.25, -0.2) is 4.98 Å². The first-order chi connectivity index (χ1) is 12.1. The van der Waals surface area contributed by atoms with Gasteiger partial charge >= 0.3 is 0 Å². The normalized spacial score (nSPS) is 17.7. The van der Waals surface area contributed by atoms with Gasteiger partial charge in [0.2, 0.25) is 0 Å². The lowest BCUT2D eigenvalue weighted by atomic mass is 10.0. The molecule has 0 spiro atoms. The number of hydrogen-bond donors (Lipinski definition) is 2. The summed E-state index contributed by atoms with van der Waals surface area (Å²) in [5.74, 6) is 1.51. The second-order valence-electron chi connectivity index (χ2n) is 6.82. The van der Waals surface area contributed by atoms with Crippen LogP contribution in [-0.2, 0) is 17.7 Å². The number of aryl methyl sites for hydroxylation is 1. The molecule has 1 aromatic rings. The molecule has 6 nitrogen and oxygen atoms in total. The van der Waals surface area contributed by atoms with Gasteiger partial charge in [-0.2, -0.15) is 0 Å². The van der Waals surface area contributed by atoms with Crippen LogP contribution in [0, 0.1) is 5.92 Å². The van der Waals surface area contributed by atoms with E-state index < -0.39 is 0 Å². The van der Waals surface area contributed by atoms with Gasteiger partial charge in [0.1, 0.15) is 0 Å². The van der Waals surface area contributed by atoms with Crippen LogP contribution in [0.5, 0.6) is 0 Å². The molecule has 1 aromatic heterocycles. The Kier molecular flexibility index (Phi) is 8.64. The summed E-state index contributed by atoms with van der Waals surface area (Å²) in [6.45, 7) is 12.0. The minimum Gasteiger partial charge on any atom is -0.379 e. The summed E-state index contributed by atoms with van der Waals surface area (Å²) in [6.07, 6.45) is 2.17. The van der Waals surface area contributed by atoms with Gasteiger partial charge in [-0.3, -0.25) is 9.89 Å². The summed E-state index contributed by atoms with van der Waals surface area (Å²) in [5.41, 5.74) is 1.08. The van der Waals surface area contributed by atoms with Gasteiger partial charge in [0.05, 0.1) is 30.5 Å². The zero-order chi connectivity index (χ0) is 18.1. The molecule has 0 bridgehead atoms. The number of nitrogens with zero attached hydrogens (tertiary/aromatic N) is 3. The van der Waals surface area contributed by atoms with Crippen molar-refractivity contribution in [1.29, 1.82) is 0 Å². The molecular formula is C18H33N5OS. The molecule has 1 saturated heterocycles. The van der Waals surface area contributed by atoms with Crippen LogP contribution < -0.4 is 10.6 Å². The molecule has 0 saturated carbocycles. The SMILES string of the molecule is CCc1nc(CNC(=NC)NCC(CC(C)C)N2CCOCC2)cs1. The summed E-state index contributed by atoms with van der Waals surface area (Å²) >= 11 is 1.72. The minimum absolute atomic E-state index is 0.508. The largest absolute Gasteiger partial charge is 0.379 e. The average molecular weight is 368 g/mol. The molecule has 25 heavy (non-hydrogen) atoms. The molecule has 142 valence electrons. The zero-order valence-corrected chi connectivity index (χ0v) is 16.9. The topological polar surface area (TPSA) is 61.8 Å². The monoisotopic (exact) mass is 367 g/mol. The molecule has 1 aliphatic heterocycles. The number of aliphatic imine (C=N–C) groups is 1. The lowest BCUT2D eigenvalue weighted by molar-refractivity contribution is 0.0132. The number of ether oxygens (including phenoxy) is 1.